The molecule has 0 saturated carbocycles. The minimum absolute atomic E-state index is 0.160. The lowest BCUT2D eigenvalue weighted by Gasteiger charge is -2.13. The maximum absolute atomic E-state index is 11.8. The van der Waals surface area contributed by atoms with Crippen LogP contribution in [0, 0.1) is 0 Å². The fourth-order valence-corrected chi connectivity index (χ4v) is 2.04. The van der Waals surface area contributed by atoms with Gasteiger partial charge < -0.3 is 15.4 Å². The third kappa shape index (κ3) is 4.88. The molecule has 110 valence electrons. The summed E-state index contributed by atoms with van der Waals surface area (Å²) in [5.74, 6) is -0.346. The molecule has 1 aromatic carbocycles. The van der Waals surface area contributed by atoms with Crippen molar-refractivity contribution in [3.63, 3.8) is 0 Å². The van der Waals surface area contributed by atoms with Gasteiger partial charge in [-0.25, -0.2) is 9.78 Å². The summed E-state index contributed by atoms with van der Waals surface area (Å²) in [6.45, 7) is 1.74. The fraction of sp³-hybridized carbons (Fsp3) is 0.214. The second-order valence-electron chi connectivity index (χ2n) is 4.25. The summed E-state index contributed by atoms with van der Waals surface area (Å²) >= 11 is 1.31. The first-order valence-corrected chi connectivity index (χ1v) is 7.20. The van der Waals surface area contributed by atoms with E-state index in [1.54, 1.807) is 18.5 Å². The molecule has 2 aromatic rings. The number of carbonyl (C=O) groups is 2. The highest BCUT2D eigenvalue weighted by Gasteiger charge is 2.17. The van der Waals surface area contributed by atoms with Gasteiger partial charge in [-0.2, -0.15) is 0 Å². The number of ether oxygens (including phenoxy) is 1. The van der Waals surface area contributed by atoms with Crippen molar-refractivity contribution < 1.29 is 14.3 Å². The number of rotatable bonds is 5. The monoisotopic (exact) mass is 305 g/mol. The van der Waals surface area contributed by atoms with Crippen molar-refractivity contribution in [3.8, 4) is 0 Å². The number of hydrogen-bond acceptors (Lipinski definition) is 5. The summed E-state index contributed by atoms with van der Waals surface area (Å²) in [7, 11) is 0. The molecule has 1 aromatic heterocycles. The summed E-state index contributed by atoms with van der Waals surface area (Å²) in [5.41, 5.74) is 0.882. The van der Waals surface area contributed by atoms with Crippen LogP contribution in [-0.4, -0.2) is 23.0 Å². The standard InChI is InChI=1S/C14H15N3O3S/c1-10(12(18)17-13-15-7-8-21-13)16-14(19)20-9-11-5-3-2-4-6-11/h2-8,10H,9H2,1H3,(H,16,19)(H,15,17,18)/t10-/m0/s1. The summed E-state index contributed by atoms with van der Waals surface area (Å²) in [4.78, 5) is 27.3. The minimum Gasteiger partial charge on any atom is -0.445 e. The number of alkyl carbamates (subject to hydrolysis) is 1. The second-order valence-corrected chi connectivity index (χ2v) is 5.15. The van der Waals surface area contributed by atoms with Gasteiger partial charge in [-0.1, -0.05) is 30.3 Å². The number of amides is 2. The van der Waals surface area contributed by atoms with E-state index in [1.165, 1.54) is 11.3 Å². The maximum atomic E-state index is 11.8. The van der Waals surface area contributed by atoms with E-state index in [1.807, 2.05) is 30.3 Å². The summed E-state index contributed by atoms with van der Waals surface area (Å²) in [6, 6.07) is 8.60. The maximum Gasteiger partial charge on any atom is 0.408 e. The van der Waals surface area contributed by atoms with Gasteiger partial charge in [0.15, 0.2) is 5.13 Å². The Bertz CT molecular complexity index is 587. The molecule has 1 heterocycles. The molecule has 0 saturated heterocycles. The van der Waals surface area contributed by atoms with E-state index in [2.05, 4.69) is 15.6 Å². The predicted molar refractivity (Wildman–Crippen MR) is 80.0 cm³/mol. The van der Waals surface area contributed by atoms with Crippen molar-refractivity contribution in [2.75, 3.05) is 5.32 Å². The highest BCUT2D eigenvalue weighted by atomic mass is 32.1. The number of benzene rings is 1. The van der Waals surface area contributed by atoms with Crippen LogP contribution in [0.3, 0.4) is 0 Å². The van der Waals surface area contributed by atoms with Crippen LogP contribution in [0.5, 0.6) is 0 Å². The summed E-state index contributed by atoms with van der Waals surface area (Å²) in [5, 5.41) is 7.31. The quantitative estimate of drug-likeness (QED) is 0.889. The van der Waals surface area contributed by atoms with E-state index in [0.29, 0.717) is 5.13 Å². The number of hydrogen-bond donors (Lipinski definition) is 2. The van der Waals surface area contributed by atoms with Gasteiger partial charge in [-0.05, 0) is 12.5 Å². The topological polar surface area (TPSA) is 80.3 Å². The summed E-state index contributed by atoms with van der Waals surface area (Å²) in [6.07, 6.45) is 0.951. The number of anilines is 1. The number of thiazole rings is 1. The Morgan fingerprint density at radius 3 is 2.76 bits per heavy atom. The van der Waals surface area contributed by atoms with Crippen LogP contribution in [0.1, 0.15) is 12.5 Å². The van der Waals surface area contributed by atoms with Gasteiger partial charge in [-0.3, -0.25) is 4.79 Å². The molecule has 0 unspecified atom stereocenters. The highest BCUT2D eigenvalue weighted by molar-refractivity contribution is 7.13. The van der Waals surface area contributed by atoms with Crippen LogP contribution in [0.4, 0.5) is 9.93 Å². The normalized spacial score (nSPS) is 11.5. The van der Waals surface area contributed by atoms with Crippen molar-refractivity contribution in [1.82, 2.24) is 10.3 Å². The molecular formula is C14H15N3O3S. The van der Waals surface area contributed by atoms with Crippen molar-refractivity contribution in [2.24, 2.45) is 0 Å². The Labute approximate surface area is 126 Å². The van der Waals surface area contributed by atoms with Gasteiger partial charge in [0.2, 0.25) is 5.91 Å². The lowest BCUT2D eigenvalue weighted by atomic mass is 10.2. The zero-order valence-electron chi connectivity index (χ0n) is 11.4. The van der Waals surface area contributed by atoms with Gasteiger partial charge >= 0.3 is 6.09 Å². The number of carbonyl (C=O) groups excluding carboxylic acids is 2. The van der Waals surface area contributed by atoms with Crippen LogP contribution < -0.4 is 10.6 Å². The van der Waals surface area contributed by atoms with Crippen molar-refractivity contribution in [2.45, 2.75) is 19.6 Å². The van der Waals surface area contributed by atoms with Crippen molar-refractivity contribution in [3.05, 3.63) is 47.5 Å². The molecule has 2 rings (SSSR count). The van der Waals surface area contributed by atoms with E-state index in [-0.39, 0.29) is 12.5 Å². The van der Waals surface area contributed by atoms with Crippen LogP contribution in [0.2, 0.25) is 0 Å². The average Bonchev–Trinajstić information content (AvgIpc) is 2.99. The molecule has 0 spiro atoms. The van der Waals surface area contributed by atoms with Gasteiger partial charge in [0.05, 0.1) is 0 Å². The fourth-order valence-electron chi connectivity index (χ4n) is 1.51. The van der Waals surface area contributed by atoms with Crippen LogP contribution in [-0.2, 0) is 16.1 Å². The van der Waals surface area contributed by atoms with Crippen molar-refractivity contribution in [1.29, 1.82) is 0 Å². The lowest BCUT2D eigenvalue weighted by molar-refractivity contribution is -0.117. The predicted octanol–water partition coefficient (Wildman–Crippen LogP) is 2.40. The Balaban J connectivity index is 1.75. The van der Waals surface area contributed by atoms with E-state index in [4.69, 9.17) is 4.74 Å². The van der Waals surface area contributed by atoms with Crippen LogP contribution in [0.25, 0.3) is 0 Å². The largest absolute Gasteiger partial charge is 0.445 e. The van der Waals surface area contributed by atoms with Crippen LogP contribution in [0.15, 0.2) is 41.9 Å². The Morgan fingerprint density at radius 1 is 1.33 bits per heavy atom. The first-order chi connectivity index (χ1) is 10.1. The van der Waals surface area contributed by atoms with Gasteiger partial charge in [0, 0.05) is 11.6 Å². The van der Waals surface area contributed by atoms with Gasteiger partial charge in [-0.15, -0.1) is 11.3 Å². The SMILES string of the molecule is C[C@H](NC(=O)OCc1ccccc1)C(=O)Nc1nccs1. The lowest BCUT2D eigenvalue weighted by Crippen LogP contribution is -2.41. The first kappa shape index (κ1) is 15.0. The molecule has 0 aliphatic rings. The third-order valence-corrected chi connectivity index (χ3v) is 3.29. The molecule has 2 N–H and O–H groups in total. The van der Waals surface area contributed by atoms with Crippen molar-refractivity contribution >= 4 is 28.5 Å². The number of nitrogens with one attached hydrogen (secondary N) is 2. The molecular weight excluding hydrogens is 290 g/mol. The second kappa shape index (κ2) is 7.39. The third-order valence-electron chi connectivity index (χ3n) is 2.60. The van der Waals surface area contributed by atoms with Gasteiger partial charge in [0.1, 0.15) is 12.6 Å². The Hall–Kier alpha value is -2.41. The molecule has 0 fully saturated rings. The molecule has 0 bridgehead atoms. The zero-order chi connectivity index (χ0) is 15.1. The molecule has 2 amide bonds. The van der Waals surface area contributed by atoms with E-state index in [9.17, 15) is 9.59 Å². The number of aromatic nitrogens is 1. The van der Waals surface area contributed by atoms with E-state index >= 15 is 0 Å². The summed E-state index contributed by atoms with van der Waals surface area (Å²) < 4.78 is 5.04. The van der Waals surface area contributed by atoms with Gasteiger partial charge in [0.25, 0.3) is 0 Å². The molecule has 0 aliphatic carbocycles. The molecule has 0 radical (unpaired) electrons. The molecule has 1 atom stereocenters. The smallest absolute Gasteiger partial charge is 0.408 e. The molecule has 7 heteroatoms. The molecule has 21 heavy (non-hydrogen) atoms. The number of nitrogens with zero attached hydrogens (tertiary/aromatic N) is 1. The highest BCUT2D eigenvalue weighted by Crippen LogP contribution is 2.10. The van der Waals surface area contributed by atoms with E-state index < -0.39 is 12.1 Å². The average molecular weight is 305 g/mol. The first-order valence-electron chi connectivity index (χ1n) is 6.32. The Kier molecular flexibility index (Phi) is 5.28. The van der Waals surface area contributed by atoms with Crippen LogP contribution >= 0.6 is 11.3 Å². The zero-order valence-corrected chi connectivity index (χ0v) is 12.2. The molecule has 6 nitrogen and oxygen atoms in total. The Morgan fingerprint density at radius 2 is 2.10 bits per heavy atom. The molecule has 0 aliphatic heterocycles. The minimum atomic E-state index is -0.711. The van der Waals surface area contributed by atoms with E-state index in [0.717, 1.165) is 5.56 Å².